The van der Waals surface area contributed by atoms with Gasteiger partial charge in [-0.3, -0.25) is 19.2 Å². The van der Waals surface area contributed by atoms with Crippen LogP contribution in [0.15, 0.2) is 36.4 Å². The van der Waals surface area contributed by atoms with Crippen LogP contribution in [0, 0.1) is 11.8 Å². The highest BCUT2D eigenvalue weighted by Gasteiger charge is 2.72. The van der Waals surface area contributed by atoms with Crippen molar-refractivity contribution < 1.29 is 42.9 Å². The summed E-state index contributed by atoms with van der Waals surface area (Å²) >= 11 is 0. The van der Waals surface area contributed by atoms with E-state index in [1.807, 2.05) is 0 Å². The fraction of sp³-hybridized carbons (Fsp3) is 0.381. The van der Waals surface area contributed by atoms with Crippen molar-refractivity contribution in [2.45, 2.75) is 31.8 Å². The summed E-state index contributed by atoms with van der Waals surface area (Å²) in [6, 6.07) is 6.06. The number of hydrogen-bond donors (Lipinski definition) is 0. The molecule has 4 atom stereocenters. The summed E-state index contributed by atoms with van der Waals surface area (Å²) in [6.07, 6.45) is 0.704. The van der Waals surface area contributed by atoms with Crippen LogP contribution in [-0.4, -0.2) is 54.8 Å². The highest BCUT2D eigenvalue weighted by molar-refractivity contribution is 6.25. The van der Waals surface area contributed by atoms with Gasteiger partial charge in [0, 0.05) is 13.8 Å². The molecule has 0 radical (unpaired) electrons. The predicted octanol–water partition coefficient (Wildman–Crippen LogP) is 0.738. The van der Waals surface area contributed by atoms with Gasteiger partial charge in [0.15, 0.2) is 5.60 Å². The second kappa shape index (κ2) is 7.31. The number of esters is 3. The Morgan fingerprint density at radius 3 is 2.32 bits per heavy atom. The maximum absolute atomic E-state index is 13.5. The van der Waals surface area contributed by atoms with Gasteiger partial charge in [-0.15, -0.1) is 0 Å². The minimum absolute atomic E-state index is 0.0402. The predicted molar refractivity (Wildman–Crippen MR) is 101 cm³/mol. The molecule has 2 bridgehead atoms. The maximum Gasteiger partial charge on any atom is 0.339 e. The second-order valence-electron chi connectivity index (χ2n) is 7.37. The van der Waals surface area contributed by atoms with Crippen LogP contribution in [0.3, 0.4) is 0 Å². The van der Waals surface area contributed by atoms with Gasteiger partial charge in [0.1, 0.15) is 0 Å². The topological polar surface area (TPSA) is 126 Å². The van der Waals surface area contributed by atoms with E-state index in [-0.39, 0.29) is 11.3 Å². The first-order valence-electron chi connectivity index (χ1n) is 9.48. The summed E-state index contributed by atoms with van der Waals surface area (Å²) in [5, 5.41) is 0. The lowest BCUT2D eigenvalue weighted by atomic mass is 9.76. The van der Waals surface area contributed by atoms with Crippen molar-refractivity contribution in [1.29, 1.82) is 0 Å². The molecule has 0 aromatic heterocycles. The number of ether oxygens (including phenoxy) is 4. The van der Waals surface area contributed by atoms with Gasteiger partial charge in [-0.2, -0.15) is 0 Å². The van der Waals surface area contributed by atoms with Crippen LogP contribution in [0.1, 0.15) is 24.2 Å². The van der Waals surface area contributed by atoms with Gasteiger partial charge in [-0.05, 0) is 18.2 Å². The highest BCUT2D eigenvalue weighted by Crippen LogP contribution is 2.55. The molecule has 3 aliphatic rings. The number of carbonyl (C=O) groups excluding carboxylic acids is 5. The molecule has 2 saturated heterocycles. The van der Waals surface area contributed by atoms with Crippen molar-refractivity contribution >= 4 is 35.4 Å². The Labute approximate surface area is 176 Å². The van der Waals surface area contributed by atoms with Gasteiger partial charge < -0.3 is 18.9 Å². The molecule has 0 aliphatic carbocycles. The molecule has 10 nitrogen and oxygen atoms in total. The van der Waals surface area contributed by atoms with Gasteiger partial charge in [-0.1, -0.05) is 18.2 Å². The van der Waals surface area contributed by atoms with Crippen molar-refractivity contribution in [3.8, 4) is 0 Å². The molecule has 0 unspecified atom stereocenters. The Kier molecular flexibility index (Phi) is 4.89. The summed E-state index contributed by atoms with van der Waals surface area (Å²) in [4.78, 5) is 63.1. The van der Waals surface area contributed by atoms with E-state index in [2.05, 4.69) is 0 Å². The summed E-state index contributed by atoms with van der Waals surface area (Å²) in [5.41, 5.74) is -1.54. The van der Waals surface area contributed by atoms with Gasteiger partial charge in [-0.25, -0.2) is 9.69 Å². The first-order valence-corrected chi connectivity index (χ1v) is 9.48. The Hall–Kier alpha value is -3.53. The number of benzene rings is 1. The van der Waals surface area contributed by atoms with Crippen molar-refractivity contribution in [2.24, 2.45) is 11.8 Å². The van der Waals surface area contributed by atoms with Crippen LogP contribution in [0.4, 0.5) is 5.69 Å². The monoisotopic (exact) mass is 429 g/mol. The molecule has 0 N–H and O–H groups in total. The maximum atomic E-state index is 13.5. The van der Waals surface area contributed by atoms with Crippen LogP contribution >= 0.6 is 0 Å². The largest absolute Gasteiger partial charge is 0.465 e. The summed E-state index contributed by atoms with van der Waals surface area (Å²) < 4.78 is 21.0. The quantitative estimate of drug-likeness (QED) is 0.288. The van der Waals surface area contributed by atoms with Gasteiger partial charge in [0.2, 0.25) is 11.8 Å². The number of fused-ring (bicyclic) bond motifs is 5. The number of hydrogen-bond acceptors (Lipinski definition) is 9. The molecule has 3 heterocycles. The number of carbonyl (C=O) groups is 5. The van der Waals surface area contributed by atoms with Crippen LogP contribution in [0.25, 0.3) is 0 Å². The number of nitrogens with zero attached hydrogens (tertiary/aromatic N) is 1. The lowest BCUT2D eigenvalue weighted by molar-refractivity contribution is -0.226. The number of imide groups is 1. The third kappa shape index (κ3) is 3.02. The molecule has 162 valence electrons. The van der Waals surface area contributed by atoms with Crippen LogP contribution in [0.5, 0.6) is 0 Å². The number of methoxy groups -OCH3 is 1. The SMILES string of the molecule is COC(=O)c1ccccc1N1C(=O)[C@H]2[C@@H](C1=O)[C@@]1(C(OC(C)=O)OC(C)=O)C=C[C@H]2O1. The van der Waals surface area contributed by atoms with Crippen molar-refractivity contribution in [1.82, 2.24) is 0 Å². The molecular formula is C21H19NO9. The van der Waals surface area contributed by atoms with Crippen LogP contribution < -0.4 is 4.90 Å². The van der Waals surface area contributed by atoms with E-state index in [0.29, 0.717) is 0 Å². The number of rotatable bonds is 5. The Morgan fingerprint density at radius 2 is 1.71 bits per heavy atom. The van der Waals surface area contributed by atoms with Gasteiger partial charge >= 0.3 is 17.9 Å². The van der Waals surface area contributed by atoms with Crippen molar-refractivity contribution in [3.05, 3.63) is 42.0 Å². The zero-order valence-electron chi connectivity index (χ0n) is 16.9. The van der Waals surface area contributed by atoms with Gasteiger partial charge in [0.25, 0.3) is 6.29 Å². The second-order valence-corrected chi connectivity index (χ2v) is 7.37. The Balaban J connectivity index is 1.77. The normalized spacial score (nSPS) is 28.1. The van der Waals surface area contributed by atoms with Crippen molar-refractivity contribution in [2.75, 3.05) is 12.0 Å². The zero-order valence-corrected chi connectivity index (χ0v) is 16.9. The molecule has 3 aliphatic heterocycles. The molecule has 10 heteroatoms. The Bertz CT molecular complexity index is 1020. The lowest BCUT2D eigenvalue weighted by Gasteiger charge is -2.34. The molecule has 1 aromatic rings. The summed E-state index contributed by atoms with van der Waals surface area (Å²) in [7, 11) is 1.19. The van der Waals surface area contributed by atoms with Gasteiger partial charge in [0.05, 0.1) is 36.3 Å². The van der Waals surface area contributed by atoms with E-state index in [1.165, 1.54) is 25.3 Å². The average molecular weight is 429 g/mol. The number of para-hydroxylation sites is 1. The first kappa shape index (κ1) is 20.7. The molecule has 1 aromatic carbocycles. The van der Waals surface area contributed by atoms with Crippen LogP contribution in [-0.2, 0) is 38.1 Å². The minimum Gasteiger partial charge on any atom is -0.465 e. The van der Waals surface area contributed by atoms with E-state index in [0.717, 1.165) is 18.7 Å². The fourth-order valence-electron chi connectivity index (χ4n) is 4.41. The van der Waals surface area contributed by atoms with Crippen molar-refractivity contribution in [3.63, 3.8) is 0 Å². The van der Waals surface area contributed by atoms with Crippen LogP contribution in [0.2, 0.25) is 0 Å². The molecule has 2 fully saturated rings. The summed E-state index contributed by atoms with van der Waals surface area (Å²) in [5.74, 6) is -5.52. The zero-order chi connectivity index (χ0) is 22.5. The highest BCUT2D eigenvalue weighted by atomic mass is 16.7. The molecule has 0 saturated carbocycles. The first-order chi connectivity index (χ1) is 14.7. The third-order valence-electron chi connectivity index (χ3n) is 5.54. The molecule has 31 heavy (non-hydrogen) atoms. The molecule has 0 spiro atoms. The van der Waals surface area contributed by atoms with E-state index in [4.69, 9.17) is 18.9 Å². The number of anilines is 1. The summed E-state index contributed by atoms with van der Waals surface area (Å²) in [6.45, 7) is 2.24. The van der Waals surface area contributed by atoms with E-state index >= 15 is 0 Å². The molecule has 2 amide bonds. The number of amides is 2. The molecular weight excluding hydrogens is 410 g/mol. The van der Waals surface area contributed by atoms with E-state index < -0.39 is 59.6 Å². The third-order valence-corrected chi connectivity index (χ3v) is 5.54. The smallest absolute Gasteiger partial charge is 0.339 e. The van der Waals surface area contributed by atoms with E-state index in [1.54, 1.807) is 18.2 Å². The fourth-order valence-corrected chi connectivity index (χ4v) is 4.41. The molecule has 4 rings (SSSR count). The minimum atomic E-state index is -1.66. The average Bonchev–Trinajstić information content (AvgIpc) is 3.37. The standard InChI is InChI=1S/C21H19NO9/c1-10(23)29-20(30-11(2)24)21-9-8-14(31-21)15-16(21)18(26)22(17(15)25)13-7-5-4-6-12(13)19(27)28-3/h4-9,14-16,20H,1-3H3/t14-,15-,16+,21-/m1/s1. The van der Waals surface area contributed by atoms with E-state index in [9.17, 15) is 24.0 Å². The lowest BCUT2D eigenvalue weighted by Crippen LogP contribution is -2.52. The Morgan fingerprint density at radius 1 is 1.06 bits per heavy atom.